The zero-order valence-electron chi connectivity index (χ0n) is 12.8. The Morgan fingerprint density at radius 2 is 2.04 bits per heavy atom. The summed E-state index contributed by atoms with van der Waals surface area (Å²) in [6.45, 7) is 2.16. The van der Waals surface area contributed by atoms with Crippen molar-refractivity contribution in [1.82, 2.24) is 5.32 Å². The van der Waals surface area contributed by atoms with E-state index in [0.29, 0.717) is 12.4 Å². The van der Waals surface area contributed by atoms with Crippen molar-refractivity contribution in [3.05, 3.63) is 28.2 Å². The third-order valence-corrected chi connectivity index (χ3v) is 3.42. The number of aliphatic carboxylic acids is 1. The van der Waals surface area contributed by atoms with Crippen molar-refractivity contribution in [2.45, 2.75) is 25.8 Å². The molecule has 0 heterocycles. The molecule has 2 N–H and O–H groups in total. The Morgan fingerprint density at radius 1 is 1.35 bits per heavy atom. The van der Waals surface area contributed by atoms with Crippen LogP contribution in [0.2, 0.25) is 0 Å². The maximum atomic E-state index is 12.4. The number of carboxylic acid groups (broad SMARTS) is 1. The standard InChI is InChI=1S/C15H18BrNO6/c1-3-23-12-8-9(16)4-5-10(12)14(20)17-11(15(21)22-2)6-7-13(18)19/h4-5,8,11H,3,6-7H2,1-2H3,(H,17,20)(H,18,19). The molecule has 0 fully saturated rings. The molecule has 7 nitrogen and oxygen atoms in total. The van der Waals surface area contributed by atoms with Gasteiger partial charge in [0, 0.05) is 10.9 Å². The number of methoxy groups -OCH3 is 1. The first-order valence-electron chi connectivity index (χ1n) is 6.91. The SMILES string of the molecule is CCOc1cc(Br)ccc1C(=O)NC(CCC(=O)O)C(=O)OC. The first-order chi connectivity index (χ1) is 10.9. The van der Waals surface area contributed by atoms with Crippen molar-refractivity contribution in [2.75, 3.05) is 13.7 Å². The number of ether oxygens (including phenoxy) is 2. The molecule has 0 saturated carbocycles. The first kappa shape index (κ1) is 19.0. The van der Waals surface area contributed by atoms with Crippen molar-refractivity contribution >= 4 is 33.8 Å². The van der Waals surface area contributed by atoms with E-state index in [0.717, 1.165) is 4.47 Å². The Hall–Kier alpha value is -2.09. The minimum Gasteiger partial charge on any atom is -0.493 e. The van der Waals surface area contributed by atoms with Gasteiger partial charge in [0.1, 0.15) is 11.8 Å². The van der Waals surface area contributed by atoms with Crippen molar-refractivity contribution in [1.29, 1.82) is 0 Å². The van der Waals surface area contributed by atoms with Crippen molar-refractivity contribution < 1.29 is 29.0 Å². The van der Waals surface area contributed by atoms with E-state index in [1.165, 1.54) is 7.11 Å². The quantitative estimate of drug-likeness (QED) is 0.661. The summed E-state index contributed by atoms with van der Waals surface area (Å²) in [7, 11) is 1.17. The number of carboxylic acids is 1. The van der Waals surface area contributed by atoms with Crippen LogP contribution in [-0.2, 0) is 14.3 Å². The van der Waals surface area contributed by atoms with E-state index in [2.05, 4.69) is 26.0 Å². The predicted molar refractivity (Wildman–Crippen MR) is 85.5 cm³/mol. The maximum absolute atomic E-state index is 12.4. The fourth-order valence-electron chi connectivity index (χ4n) is 1.85. The fraction of sp³-hybridized carbons (Fsp3) is 0.400. The highest BCUT2D eigenvalue weighted by molar-refractivity contribution is 9.10. The molecule has 1 amide bonds. The summed E-state index contributed by atoms with van der Waals surface area (Å²) >= 11 is 3.29. The summed E-state index contributed by atoms with van der Waals surface area (Å²) in [6, 6.07) is 3.82. The zero-order chi connectivity index (χ0) is 17.4. The van der Waals surface area contributed by atoms with Crippen molar-refractivity contribution in [3.63, 3.8) is 0 Å². The zero-order valence-corrected chi connectivity index (χ0v) is 14.4. The summed E-state index contributed by atoms with van der Waals surface area (Å²) < 4.78 is 10.7. The van der Waals surface area contributed by atoms with Crippen LogP contribution in [0.4, 0.5) is 0 Å². The average molecular weight is 388 g/mol. The second kappa shape index (κ2) is 9.14. The molecular formula is C15H18BrNO6. The van der Waals surface area contributed by atoms with Crippen LogP contribution >= 0.6 is 15.9 Å². The molecule has 0 saturated heterocycles. The summed E-state index contributed by atoms with van der Waals surface area (Å²) in [5.74, 6) is -1.94. The topological polar surface area (TPSA) is 102 Å². The third kappa shape index (κ3) is 5.90. The van der Waals surface area contributed by atoms with Crippen LogP contribution in [-0.4, -0.2) is 42.7 Å². The lowest BCUT2D eigenvalue weighted by Gasteiger charge is -2.17. The smallest absolute Gasteiger partial charge is 0.328 e. The van der Waals surface area contributed by atoms with Gasteiger partial charge in [-0.3, -0.25) is 9.59 Å². The van der Waals surface area contributed by atoms with E-state index in [9.17, 15) is 14.4 Å². The van der Waals surface area contributed by atoms with E-state index in [1.54, 1.807) is 25.1 Å². The molecule has 0 aliphatic heterocycles. The van der Waals surface area contributed by atoms with E-state index in [1.807, 2.05) is 0 Å². The van der Waals surface area contributed by atoms with Crippen LogP contribution < -0.4 is 10.1 Å². The highest BCUT2D eigenvalue weighted by atomic mass is 79.9. The van der Waals surface area contributed by atoms with Crippen molar-refractivity contribution in [3.8, 4) is 5.75 Å². The number of nitrogens with one attached hydrogen (secondary N) is 1. The van der Waals surface area contributed by atoms with Crippen LogP contribution in [0, 0.1) is 0 Å². The minimum absolute atomic E-state index is 0.0613. The predicted octanol–water partition coefficient (Wildman–Crippen LogP) is 1.98. The molecular weight excluding hydrogens is 370 g/mol. The van der Waals surface area contributed by atoms with Crippen molar-refractivity contribution in [2.24, 2.45) is 0 Å². The number of halogens is 1. The Bertz CT molecular complexity index is 589. The van der Waals surface area contributed by atoms with Gasteiger partial charge in [0.15, 0.2) is 0 Å². The lowest BCUT2D eigenvalue weighted by atomic mass is 10.1. The number of carbonyl (C=O) groups is 3. The van der Waals surface area contributed by atoms with Crippen LogP contribution in [0.25, 0.3) is 0 Å². The van der Waals surface area contributed by atoms with E-state index in [4.69, 9.17) is 9.84 Å². The normalized spacial score (nSPS) is 11.4. The molecule has 0 aromatic heterocycles. The van der Waals surface area contributed by atoms with Gasteiger partial charge in [-0.25, -0.2) is 4.79 Å². The molecule has 0 radical (unpaired) electrons. The molecule has 23 heavy (non-hydrogen) atoms. The van der Waals surface area contributed by atoms with Gasteiger partial charge in [0.2, 0.25) is 0 Å². The first-order valence-corrected chi connectivity index (χ1v) is 7.71. The van der Waals surface area contributed by atoms with E-state index >= 15 is 0 Å². The molecule has 0 aliphatic rings. The molecule has 8 heteroatoms. The summed E-state index contributed by atoms with van der Waals surface area (Å²) in [6.07, 6.45) is -0.326. The molecule has 0 spiro atoms. The van der Waals surface area contributed by atoms with Gasteiger partial charge < -0.3 is 19.9 Å². The highest BCUT2D eigenvalue weighted by Gasteiger charge is 2.24. The summed E-state index contributed by atoms with van der Waals surface area (Å²) in [4.78, 5) is 34.7. The van der Waals surface area contributed by atoms with Gasteiger partial charge >= 0.3 is 11.9 Å². The maximum Gasteiger partial charge on any atom is 0.328 e. The number of hydrogen-bond donors (Lipinski definition) is 2. The largest absolute Gasteiger partial charge is 0.493 e. The second-order valence-corrected chi connectivity index (χ2v) is 5.47. The molecule has 1 rings (SSSR count). The Morgan fingerprint density at radius 3 is 2.61 bits per heavy atom. The van der Waals surface area contributed by atoms with E-state index < -0.39 is 23.9 Å². The van der Waals surface area contributed by atoms with Gasteiger partial charge in [-0.15, -0.1) is 0 Å². The third-order valence-electron chi connectivity index (χ3n) is 2.93. The Balaban J connectivity index is 2.93. The Kier molecular flexibility index (Phi) is 7.53. The van der Waals surface area contributed by atoms with Gasteiger partial charge in [-0.1, -0.05) is 15.9 Å². The molecule has 0 bridgehead atoms. The second-order valence-electron chi connectivity index (χ2n) is 4.56. The molecule has 1 atom stereocenters. The van der Waals surface area contributed by atoms with Crippen LogP contribution in [0.3, 0.4) is 0 Å². The van der Waals surface area contributed by atoms with Crippen LogP contribution in [0.1, 0.15) is 30.1 Å². The van der Waals surface area contributed by atoms with Crippen LogP contribution in [0.5, 0.6) is 5.75 Å². The molecule has 1 aromatic carbocycles. The monoisotopic (exact) mass is 387 g/mol. The van der Waals surface area contributed by atoms with Gasteiger partial charge in [0.25, 0.3) is 5.91 Å². The lowest BCUT2D eigenvalue weighted by Crippen LogP contribution is -2.42. The lowest BCUT2D eigenvalue weighted by molar-refractivity contribution is -0.143. The summed E-state index contributed by atoms with van der Waals surface area (Å²) in [5.41, 5.74) is 0.249. The van der Waals surface area contributed by atoms with Gasteiger partial charge in [-0.2, -0.15) is 0 Å². The Labute approximate surface area is 142 Å². The number of esters is 1. The number of benzene rings is 1. The molecule has 1 unspecified atom stereocenters. The molecule has 0 aliphatic carbocycles. The number of carbonyl (C=O) groups excluding carboxylic acids is 2. The van der Waals surface area contributed by atoms with E-state index in [-0.39, 0.29) is 18.4 Å². The van der Waals surface area contributed by atoms with Gasteiger partial charge in [-0.05, 0) is 31.5 Å². The number of amides is 1. The summed E-state index contributed by atoms with van der Waals surface area (Å²) in [5, 5.41) is 11.2. The molecule has 1 aromatic rings. The average Bonchev–Trinajstić information content (AvgIpc) is 2.50. The van der Waals surface area contributed by atoms with Gasteiger partial charge in [0.05, 0.1) is 19.3 Å². The van der Waals surface area contributed by atoms with Crippen LogP contribution in [0.15, 0.2) is 22.7 Å². The minimum atomic E-state index is -1.06. The highest BCUT2D eigenvalue weighted by Crippen LogP contribution is 2.24. The number of rotatable bonds is 8. The molecule has 126 valence electrons. The fourth-order valence-corrected chi connectivity index (χ4v) is 2.19. The number of hydrogen-bond acceptors (Lipinski definition) is 5.